The lowest BCUT2D eigenvalue weighted by Gasteiger charge is -2.23. The van der Waals surface area contributed by atoms with Gasteiger partial charge in [0.05, 0.1) is 11.7 Å². The summed E-state index contributed by atoms with van der Waals surface area (Å²) in [5.74, 6) is 0. The van der Waals surface area contributed by atoms with Gasteiger partial charge in [0.15, 0.2) is 5.17 Å². The van der Waals surface area contributed by atoms with Crippen LogP contribution in [0.4, 0.5) is 5.69 Å². The van der Waals surface area contributed by atoms with Gasteiger partial charge in [0.1, 0.15) is 0 Å². The van der Waals surface area contributed by atoms with E-state index in [0.717, 1.165) is 32.3 Å². The molecular weight excluding hydrogens is 332 g/mol. The number of halogens is 2. The van der Waals surface area contributed by atoms with E-state index in [2.05, 4.69) is 40.1 Å². The van der Waals surface area contributed by atoms with E-state index in [-0.39, 0.29) is 0 Å². The maximum Gasteiger partial charge on any atom is 0.161 e. The van der Waals surface area contributed by atoms with Crippen LogP contribution < -0.4 is 5.32 Å². The fourth-order valence-corrected chi connectivity index (χ4v) is 3.81. The average Bonchev–Trinajstić information content (AvgIpc) is 2.24. The summed E-state index contributed by atoms with van der Waals surface area (Å²) in [7, 11) is 0. The third-order valence-electron chi connectivity index (χ3n) is 2.81. The molecule has 0 fully saturated rings. The van der Waals surface area contributed by atoms with E-state index in [9.17, 15) is 0 Å². The van der Waals surface area contributed by atoms with E-state index in [4.69, 9.17) is 11.6 Å². The lowest BCUT2D eigenvalue weighted by atomic mass is 10.2. The molecule has 1 aromatic rings. The number of benzene rings is 1. The smallest absolute Gasteiger partial charge is 0.161 e. The van der Waals surface area contributed by atoms with E-state index in [1.54, 1.807) is 11.8 Å². The summed E-state index contributed by atoms with van der Waals surface area (Å²) in [6, 6.07) is 4.34. The van der Waals surface area contributed by atoms with Gasteiger partial charge in [-0.2, -0.15) is 0 Å². The van der Waals surface area contributed by atoms with E-state index >= 15 is 0 Å². The number of rotatable bonds is 1. The Labute approximate surface area is 126 Å². The molecule has 1 aromatic carbocycles. The molecule has 1 aliphatic rings. The van der Waals surface area contributed by atoms with Gasteiger partial charge in [-0.15, -0.1) is 0 Å². The minimum absolute atomic E-state index is 0.378. The molecule has 2 rings (SSSR count). The first kappa shape index (κ1) is 14.2. The number of nitrogens with zero attached hydrogens (tertiary/aromatic N) is 1. The third kappa shape index (κ3) is 3.43. The number of anilines is 1. The van der Waals surface area contributed by atoms with Crippen molar-refractivity contribution >= 4 is 50.1 Å². The highest BCUT2D eigenvalue weighted by Gasteiger charge is 2.19. The molecule has 2 nitrogen and oxygen atoms in total. The van der Waals surface area contributed by atoms with Crippen molar-refractivity contribution in [3.05, 3.63) is 27.2 Å². The van der Waals surface area contributed by atoms with Gasteiger partial charge in [-0.3, -0.25) is 4.99 Å². The Kier molecular flexibility index (Phi) is 4.62. The van der Waals surface area contributed by atoms with Crippen LogP contribution >= 0.6 is 39.3 Å². The summed E-state index contributed by atoms with van der Waals surface area (Å²) in [5.41, 5.74) is 2.03. The summed E-state index contributed by atoms with van der Waals surface area (Å²) in [4.78, 5) is 4.63. The number of hydrogen-bond donors (Lipinski definition) is 1. The highest BCUT2D eigenvalue weighted by atomic mass is 79.9. The summed E-state index contributed by atoms with van der Waals surface area (Å²) in [5, 5.41) is 5.70. The average molecular weight is 348 g/mol. The van der Waals surface area contributed by atoms with Gasteiger partial charge in [0.25, 0.3) is 0 Å². The van der Waals surface area contributed by atoms with Crippen LogP contribution in [0, 0.1) is 6.92 Å². The van der Waals surface area contributed by atoms with Gasteiger partial charge in [0, 0.05) is 14.7 Å². The van der Waals surface area contributed by atoms with Crippen LogP contribution in [0.3, 0.4) is 0 Å². The molecule has 0 aromatic heterocycles. The van der Waals surface area contributed by atoms with Gasteiger partial charge >= 0.3 is 0 Å². The van der Waals surface area contributed by atoms with Gasteiger partial charge in [-0.25, -0.2) is 0 Å². The molecule has 0 saturated heterocycles. The Hall–Kier alpha value is -0.190. The van der Waals surface area contributed by atoms with Gasteiger partial charge in [-0.1, -0.05) is 30.3 Å². The van der Waals surface area contributed by atoms with Crippen molar-refractivity contribution in [3.8, 4) is 0 Å². The predicted octanol–water partition coefficient (Wildman–Crippen LogP) is 5.09. The summed E-state index contributed by atoms with van der Waals surface area (Å²) in [6.07, 6.45) is 1.13. The predicted molar refractivity (Wildman–Crippen MR) is 86.1 cm³/mol. The van der Waals surface area contributed by atoms with Crippen molar-refractivity contribution in [1.29, 1.82) is 0 Å². The first-order valence-electron chi connectivity index (χ1n) is 5.93. The van der Waals surface area contributed by atoms with E-state index < -0.39 is 0 Å². The highest BCUT2D eigenvalue weighted by molar-refractivity contribution is 9.10. The second kappa shape index (κ2) is 5.85. The Morgan fingerprint density at radius 3 is 2.83 bits per heavy atom. The lowest BCUT2D eigenvalue weighted by Crippen LogP contribution is -2.22. The maximum atomic E-state index is 6.15. The molecule has 2 atom stereocenters. The minimum Gasteiger partial charge on any atom is -0.334 e. The van der Waals surface area contributed by atoms with Crippen molar-refractivity contribution < 1.29 is 0 Å². The molecule has 1 aliphatic heterocycles. The van der Waals surface area contributed by atoms with E-state index in [1.807, 2.05) is 19.1 Å². The minimum atomic E-state index is 0.378. The second-order valence-corrected chi connectivity index (χ2v) is 7.34. The Bertz CT molecular complexity index is 490. The van der Waals surface area contributed by atoms with Crippen LogP contribution in [0.25, 0.3) is 0 Å². The molecule has 0 bridgehead atoms. The molecule has 5 heteroatoms. The summed E-state index contributed by atoms with van der Waals surface area (Å²) in [6.45, 7) is 6.37. The SMILES string of the molecule is Cc1cc(Br)c(NC2=NC(C)CC(C)S2)cc1Cl. The molecule has 18 heavy (non-hydrogen) atoms. The zero-order chi connectivity index (χ0) is 13.3. The first-order valence-corrected chi connectivity index (χ1v) is 7.98. The molecule has 0 saturated carbocycles. The quantitative estimate of drug-likeness (QED) is 0.765. The fourth-order valence-electron chi connectivity index (χ4n) is 1.92. The number of aryl methyl sites for hydroxylation is 1. The lowest BCUT2D eigenvalue weighted by molar-refractivity contribution is 0.661. The molecule has 98 valence electrons. The van der Waals surface area contributed by atoms with Crippen LogP contribution in [0.15, 0.2) is 21.6 Å². The van der Waals surface area contributed by atoms with E-state index in [1.165, 1.54) is 0 Å². The number of amidine groups is 1. The van der Waals surface area contributed by atoms with Crippen molar-refractivity contribution in [3.63, 3.8) is 0 Å². The first-order chi connectivity index (χ1) is 8.45. The zero-order valence-electron chi connectivity index (χ0n) is 10.6. The Balaban J connectivity index is 2.21. The largest absolute Gasteiger partial charge is 0.334 e. The van der Waals surface area contributed by atoms with Crippen molar-refractivity contribution in [2.45, 2.75) is 38.5 Å². The second-order valence-electron chi connectivity index (χ2n) is 4.65. The molecule has 1 N–H and O–H groups in total. The Morgan fingerprint density at radius 1 is 1.44 bits per heavy atom. The number of hydrogen-bond acceptors (Lipinski definition) is 3. The van der Waals surface area contributed by atoms with Crippen molar-refractivity contribution in [2.24, 2.45) is 4.99 Å². The van der Waals surface area contributed by atoms with Gasteiger partial charge in [-0.05, 0) is 53.9 Å². The van der Waals surface area contributed by atoms with E-state index in [0.29, 0.717) is 11.3 Å². The third-order valence-corrected chi connectivity index (χ3v) is 4.90. The normalized spacial score (nSPS) is 23.7. The molecule has 0 radical (unpaired) electrons. The molecule has 1 heterocycles. The van der Waals surface area contributed by atoms with Gasteiger partial charge in [0.2, 0.25) is 0 Å². The molecule has 0 aliphatic carbocycles. The van der Waals surface area contributed by atoms with Crippen molar-refractivity contribution in [2.75, 3.05) is 5.32 Å². The zero-order valence-corrected chi connectivity index (χ0v) is 13.8. The standard InChI is InChI=1S/C13H16BrClN2S/c1-7-4-10(14)12(6-11(7)15)17-13-16-8(2)5-9(3)18-13/h4,6,8-9H,5H2,1-3H3,(H,16,17). The number of nitrogens with one attached hydrogen (secondary N) is 1. The molecular formula is C13H16BrClN2S. The highest BCUT2D eigenvalue weighted by Crippen LogP contribution is 2.32. The van der Waals surface area contributed by atoms with Crippen LogP contribution in [0.1, 0.15) is 25.8 Å². The topological polar surface area (TPSA) is 24.4 Å². The van der Waals surface area contributed by atoms with Crippen LogP contribution in [0.5, 0.6) is 0 Å². The fraction of sp³-hybridized carbons (Fsp3) is 0.462. The monoisotopic (exact) mass is 346 g/mol. The molecule has 2 unspecified atom stereocenters. The molecule has 0 spiro atoms. The van der Waals surface area contributed by atoms with Crippen LogP contribution in [-0.2, 0) is 0 Å². The Morgan fingerprint density at radius 2 is 2.17 bits per heavy atom. The maximum absolute atomic E-state index is 6.15. The number of thioether (sulfide) groups is 1. The summed E-state index contributed by atoms with van der Waals surface area (Å²) < 4.78 is 1.01. The van der Waals surface area contributed by atoms with Gasteiger partial charge < -0.3 is 5.32 Å². The molecule has 0 amide bonds. The van der Waals surface area contributed by atoms with Crippen LogP contribution in [-0.4, -0.2) is 16.5 Å². The van der Waals surface area contributed by atoms with Crippen LogP contribution in [0.2, 0.25) is 5.02 Å². The summed E-state index contributed by atoms with van der Waals surface area (Å²) >= 11 is 11.5. The number of aliphatic imine (C=N–C) groups is 1. The van der Waals surface area contributed by atoms with Crippen molar-refractivity contribution in [1.82, 2.24) is 0 Å².